The van der Waals surface area contributed by atoms with Crippen molar-refractivity contribution in [2.75, 3.05) is 0 Å². The minimum absolute atomic E-state index is 0.140. The quantitative estimate of drug-likeness (QED) is 0.524. The summed E-state index contributed by atoms with van der Waals surface area (Å²) in [4.78, 5) is 24.2. The van der Waals surface area contributed by atoms with Crippen LogP contribution in [0.25, 0.3) is 0 Å². The van der Waals surface area contributed by atoms with Crippen LogP contribution in [0.2, 0.25) is 0 Å². The molecule has 0 aliphatic carbocycles. The van der Waals surface area contributed by atoms with E-state index in [1.165, 1.54) is 12.1 Å². The largest absolute Gasteiger partial charge is 0.460 e. The van der Waals surface area contributed by atoms with Gasteiger partial charge in [-0.25, -0.2) is 4.79 Å². The molecule has 0 aliphatic heterocycles. The zero-order valence-corrected chi connectivity index (χ0v) is 18.4. The van der Waals surface area contributed by atoms with Crippen LogP contribution in [0.1, 0.15) is 48.0 Å². The minimum atomic E-state index is -4.10. The summed E-state index contributed by atoms with van der Waals surface area (Å²) in [6.45, 7) is 10.2. The number of hydrogen-bond donors (Lipinski definition) is 1. The summed E-state index contributed by atoms with van der Waals surface area (Å²) in [6, 6.07) is 6.98. The molecule has 1 rings (SSSR count). The van der Waals surface area contributed by atoms with Crippen LogP contribution in [0.15, 0.2) is 41.8 Å². The number of ether oxygens (including phenoxy) is 2. The summed E-state index contributed by atoms with van der Waals surface area (Å²) in [6.07, 6.45) is 0.0667. The fourth-order valence-electron chi connectivity index (χ4n) is 2.02. The van der Waals surface area contributed by atoms with Gasteiger partial charge in [0.1, 0.15) is 17.0 Å². The number of para-hydroxylation sites is 1. The van der Waals surface area contributed by atoms with Crippen LogP contribution in [-0.2, 0) is 24.4 Å². The first kappa shape index (κ1) is 24.5. The molecule has 0 heterocycles. The van der Waals surface area contributed by atoms with Gasteiger partial charge < -0.3 is 19.0 Å². The predicted octanol–water partition coefficient (Wildman–Crippen LogP) is 3.53. The summed E-state index contributed by atoms with van der Waals surface area (Å²) in [5.41, 5.74) is -1.48. The van der Waals surface area contributed by atoms with Gasteiger partial charge in [0.05, 0.1) is 17.9 Å². The number of carbonyl (C=O) groups excluding carboxylic acids is 2. The Morgan fingerprint density at radius 3 is 2.07 bits per heavy atom. The fourth-order valence-corrected chi connectivity index (χ4v) is 2.83. The number of nitrogens with one attached hydrogen (secondary N) is 1. The van der Waals surface area contributed by atoms with Crippen LogP contribution >= 0.6 is 0 Å². The van der Waals surface area contributed by atoms with E-state index in [1.807, 2.05) is 0 Å². The molecule has 1 aromatic rings. The molecule has 0 saturated heterocycles. The lowest BCUT2D eigenvalue weighted by molar-refractivity contribution is -0.155. The third-order valence-corrected chi connectivity index (χ3v) is 3.86. The van der Waals surface area contributed by atoms with Crippen LogP contribution < -0.4 is 9.50 Å². The van der Waals surface area contributed by atoms with Crippen LogP contribution in [0, 0.1) is 0 Å². The molecule has 162 valence electrons. The maximum absolute atomic E-state index is 12.2. The molecular weight excluding hydrogens is 398 g/mol. The van der Waals surface area contributed by atoms with Crippen molar-refractivity contribution in [1.82, 2.24) is 5.32 Å². The molecule has 1 aromatic carbocycles. The Morgan fingerprint density at radius 2 is 1.55 bits per heavy atom. The van der Waals surface area contributed by atoms with Crippen molar-refractivity contribution < 1.29 is 31.7 Å². The second-order valence-electron chi connectivity index (χ2n) is 8.26. The molecule has 1 amide bonds. The van der Waals surface area contributed by atoms with Crippen LogP contribution in [-0.4, -0.2) is 37.7 Å². The zero-order valence-electron chi connectivity index (χ0n) is 17.6. The van der Waals surface area contributed by atoms with Gasteiger partial charge in [-0.1, -0.05) is 18.2 Å². The van der Waals surface area contributed by atoms with E-state index in [0.717, 1.165) is 11.5 Å². The molecule has 0 radical (unpaired) electrons. The van der Waals surface area contributed by atoms with Gasteiger partial charge in [0, 0.05) is 0 Å². The standard InChI is InChI=1S/C20H29NO7S/c1-19(2,3)26-17(22)14-15(21-18(23)27-20(4,5)6)12-13-29(24,25)28-16-10-8-7-9-11-16/h7-13,15H,14H2,1-6H3,(H,21,23)/b13-12+/t15-/m1/s1. The highest BCUT2D eigenvalue weighted by Crippen LogP contribution is 2.14. The molecule has 1 N–H and O–H groups in total. The van der Waals surface area contributed by atoms with Gasteiger partial charge in [0.2, 0.25) is 0 Å². The molecule has 0 spiro atoms. The Labute approximate surface area is 172 Å². The van der Waals surface area contributed by atoms with E-state index in [0.29, 0.717) is 0 Å². The number of hydrogen-bond acceptors (Lipinski definition) is 7. The minimum Gasteiger partial charge on any atom is -0.460 e. The molecule has 29 heavy (non-hydrogen) atoms. The third kappa shape index (κ3) is 11.8. The van der Waals surface area contributed by atoms with Crippen molar-refractivity contribution in [3.05, 3.63) is 41.8 Å². The molecule has 1 atom stereocenters. The number of carbonyl (C=O) groups is 2. The van der Waals surface area contributed by atoms with E-state index in [1.54, 1.807) is 59.7 Å². The average Bonchev–Trinajstić information content (AvgIpc) is 2.49. The normalized spacial score (nSPS) is 13.6. The van der Waals surface area contributed by atoms with Crippen molar-refractivity contribution in [3.8, 4) is 5.75 Å². The van der Waals surface area contributed by atoms with Crippen LogP contribution in [0.3, 0.4) is 0 Å². The molecule has 0 saturated carbocycles. The van der Waals surface area contributed by atoms with Gasteiger partial charge in [0.25, 0.3) is 0 Å². The van der Waals surface area contributed by atoms with Gasteiger partial charge in [0.15, 0.2) is 0 Å². The second-order valence-corrected chi connectivity index (χ2v) is 9.69. The topological polar surface area (TPSA) is 108 Å². The molecule has 0 aliphatic rings. The lowest BCUT2D eigenvalue weighted by Crippen LogP contribution is -2.40. The molecule has 0 fully saturated rings. The Kier molecular flexibility index (Phi) is 8.25. The summed E-state index contributed by atoms with van der Waals surface area (Å²) in [7, 11) is -4.10. The molecule has 0 unspecified atom stereocenters. The molecule has 9 heteroatoms. The zero-order chi connectivity index (χ0) is 22.3. The van der Waals surface area contributed by atoms with Gasteiger partial charge in [-0.2, -0.15) is 8.42 Å². The van der Waals surface area contributed by atoms with E-state index >= 15 is 0 Å². The number of amides is 1. The number of esters is 1. The Balaban J connectivity index is 2.92. The highest BCUT2D eigenvalue weighted by Gasteiger charge is 2.23. The lowest BCUT2D eigenvalue weighted by Gasteiger charge is -2.23. The maximum Gasteiger partial charge on any atom is 0.408 e. The number of benzene rings is 1. The molecular formula is C20H29NO7S. The Bertz CT molecular complexity index is 789. The van der Waals surface area contributed by atoms with Crippen molar-refractivity contribution >= 4 is 22.2 Å². The van der Waals surface area contributed by atoms with Crippen molar-refractivity contribution in [1.29, 1.82) is 0 Å². The van der Waals surface area contributed by atoms with Crippen molar-refractivity contribution in [2.45, 2.75) is 65.2 Å². The van der Waals surface area contributed by atoms with Gasteiger partial charge in [-0.05, 0) is 59.8 Å². The molecule has 0 bridgehead atoms. The van der Waals surface area contributed by atoms with Crippen molar-refractivity contribution in [2.24, 2.45) is 0 Å². The third-order valence-electron chi connectivity index (χ3n) is 2.94. The van der Waals surface area contributed by atoms with E-state index in [2.05, 4.69) is 5.32 Å². The summed E-state index contributed by atoms with van der Waals surface area (Å²) in [5, 5.41) is 3.24. The lowest BCUT2D eigenvalue weighted by atomic mass is 10.1. The van der Waals surface area contributed by atoms with E-state index in [4.69, 9.17) is 13.7 Å². The fraction of sp³-hybridized carbons (Fsp3) is 0.500. The highest BCUT2D eigenvalue weighted by atomic mass is 32.2. The Hall–Kier alpha value is -2.55. The summed E-state index contributed by atoms with van der Waals surface area (Å²) in [5.74, 6) is -0.467. The predicted molar refractivity (Wildman–Crippen MR) is 109 cm³/mol. The number of alkyl carbamates (subject to hydrolysis) is 1. The second kappa shape index (κ2) is 9.78. The average molecular weight is 428 g/mol. The SMILES string of the molecule is CC(C)(C)OC(=O)C[C@@H](/C=C/S(=O)(=O)Oc1ccccc1)NC(=O)OC(C)(C)C. The maximum atomic E-state index is 12.2. The highest BCUT2D eigenvalue weighted by molar-refractivity contribution is 7.90. The van der Waals surface area contributed by atoms with E-state index in [9.17, 15) is 18.0 Å². The van der Waals surface area contributed by atoms with Gasteiger partial charge in [-0.3, -0.25) is 4.79 Å². The van der Waals surface area contributed by atoms with Crippen molar-refractivity contribution in [3.63, 3.8) is 0 Å². The number of rotatable bonds is 7. The Morgan fingerprint density at radius 1 is 1.00 bits per heavy atom. The smallest absolute Gasteiger partial charge is 0.408 e. The first-order chi connectivity index (χ1) is 13.2. The first-order valence-electron chi connectivity index (χ1n) is 9.04. The summed E-state index contributed by atoms with van der Waals surface area (Å²) >= 11 is 0. The molecule has 0 aromatic heterocycles. The van der Waals surface area contributed by atoms with E-state index < -0.39 is 39.4 Å². The van der Waals surface area contributed by atoms with Crippen LogP contribution in [0.4, 0.5) is 4.79 Å². The van der Waals surface area contributed by atoms with Gasteiger partial charge in [-0.15, -0.1) is 0 Å². The van der Waals surface area contributed by atoms with E-state index in [-0.39, 0.29) is 12.2 Å². The van der Waals surface area contributed by atoms with Gasteiger partial charge >= 0.3 is 22.2 Å². The summed E-state index contributed by atoms with van der Waals surface area (Å²) < 4.78 is 39.7. The first-order valence-corrected chi connectivity index (χ1v) is 10.5. The van der Waals surface area contributed by atoms with Crippen LogP contribution in [0.5, 0.6) is 5.75 Å². The molecule has 8 nitrogen and oxygen atoms in total. The monoisotopic (exact) mass is 427 g/mol.